The fourth-order valence-electron chi connectivity index (χ4n) is 1.71. The van der Waals surface area contributed by atoms with Gasteiger partial charge in [0.1, 0.15) is 5.82 Å². The summed E-state index contributed by atoms with van der Waals surface area (Å²) in [6.07, 6.45) is 1.93. The maximum Gasteiger partial charge on any atom is 0.114 e. The molecule has 0 radical (unpaired) electrons. The Hall–Kier alpha value is -0.830. The van der Waals surface area contributed by atoms with Gasteiger partial charge in [-0.1, -0.05) is 20.8 Å². The smallest absolute Gasteiger partial charge is 0.114 e. The van der Waals surface area contributed by atoms with Gasteiger partial charge in [0.05, 0.1) is 25.1 Å². The third-order valence-electron chi connectivity index (χ3n) is 2.32. The van der Waals surface area contributed by atoms with Gasteiger partial charge < -0.3 is 9.30 Å². The number of aromatic nitrogens is 2. The topological polar surface area (TPSA) is 27.1 Å². The van der Waals surface area contributed by atoms with Crippen molar-refractivity contribution in [2.24, 2.45) is 0 Å². The fourth-order valence-corrected chi connectivity index (χ4v) is 1.71. The highest BCUT2D eigenvalue weighted by atomic mass is 16.5. The van der Waals surface area contributed by atoms with Crippen LogP contribution in [0.3, 0.4) is 0 Å². The van der Waals surface area contributed by atoms with Gasteiger partial charge in [-0.2, -0.15) is 0 Å². The van der Waals surface area contributed by atoms with Crippen molar-refractivity contribution in [3.63, 3.8) is 0 Å². The molecule has 3 heteroatoms. The highest BCUT2D eigenvalue weighted by molar-refractivity contribution is 5.12. The van der Waals surface area contributed by atoms with E-state index >= 15 is 0 Å². The standard InChI is InChI=1S/C10H16N2O/c1-10(2,3)9-11-6-8-7-13-5-4-12(8)9/h6H,4-5,7H2,1-3H3. The lowest BCUT2D eigenvalue weighted by Crippen LogP contribution is -2.24. The van der Waals surface area contributed by atoms with E-state index in [1.54, 1.807) is 0 Å². The molecular weight excluding hydrogens is 164 g/mol. The molecule has 0 bridgehead atoms. The van der Waals surface area contributed by atoms with E-state index in [0.717, 1.165) is 13.2 Å². The maximum atomic E-state index is 5.36. The molecule has 0 saturated carbocycles. The van der Waals surface area contributed by atoms with E-state index in [-0.39, 0.29) is 5.41 Å². The minimum absolute atomic E-state index is 0.135. The lowest BCUT2D eigenvalue weighted by atomic mass is 9.95. The van der Waals surface area contributed by atoms with E-state index in [0.29, 0.717) is 6.61 Å². The van der Waals surface area contributed by atoms with Gasteiger partial charge >= 0.3 is 0 Å². The van der Waals surface area contributed by atoms with E-state index in [1.165, 1.54) is 11.5 Å². The van der Waals surface area contributed by atoms with Gasteiger partial charge in [-0.25, -0.2) is 4.98 Å². The number of imidazole rings is 1. The highest BCUT2D eigenvalue weighted by Gasteiger charge is 2.23. The number of nitrogens with zero attached hydrogens (tertiary/aromatic N) is 2. The first-order chi connectivity index (χ1) is 6.09. The predicted molar refractivity (Wildman–Crippen MR) is 50.6 cm³/mol. The lowest BCUT2D eigenvalue weighted by Gasteiger charge is -2.23. The summed E-state index contributed by atoms with van der Waals surface area (Å²) in [5.41, 5.74) is 1.34. The first-order valence-electron chi connectivity index (χ1n) is 4.71. The second kappa shape index (κ2) is 2.84. The average Bonchev–Trinajstić information content (AvgIpc) is 2.45. The van der Waals surface area contributed by atoms with Crippen molar-refractivity contribution in [1.82, 2.24) is 9.55 Å². The van der Waals surface area contributed by atoms with E-state index in [9.17, 15) is 0 Å². The van der Waals surface area contributed by atoms with Crippen molar-refractivity contribution >= 4 is 0 Å². The molecule has 1 aliphatic rings. The van der Waals surface area contributed by atoms with Crippen LogP contribution in [0.2, 0.25) is 0 Å². The number of ether oxygens (including phenoxy) is 1. The van der Waals surface area contributed by atoms with Crippen LogP contribution >= 0.6 is 0 Å². The third-order valence-corrected chi connectivity index (χ3v) is 2.32. The summed E-state index contributed by atoms with van der Waals surface area (Å²) in [6, 6.07) is 0. The Bertz CT molecular complexity index is 309. The van der Waals surface area contributed by atoms with Crippen LogP contribution in [0.1, 0.15) is 32.3 Å². The Morgan fingerprint density at radius 2 is 2.23 bits per heavy atom. The van der Waals surface area contributed by atoms with Crippen LogP contribution in [-0.4, -0.2) is 16.2 Å². The van der Waals surface area contributed by atoms with E-state index in [1.807, 2.05) is 6.20 Å². The Morgan fingerprint density at radius 1 is 1.46 bits per heavy atom. The van der Waals surface area contributed by atoms with E-state index in [4.69, 9.17) is 4.74 Å². The van der Waals surface area contributed by atoms with Crippen LogP contribution < -0.4 is 0 Å². The number of hydrogen-bond acceptors (Lipinski definition) is 2. The number of hydrogen-bond donors (Lipinski definition) is 0. The SMILES string of the molecule is CC(C)(C)c1ncc2n1CCOC2. The quantitative estimate of drug-likeness (QED) is 0.607. The molecule has 2 rings (SSSR count). The molecule has 0 fully saturated rings. The van der Waals surface area contributed by atoms with Crippen LogP contribution in [0.5, 0.6) is 0 Å². The molecule has 0 unspecified atom stereocenters. The van der Waals surface area contributed by atoms with Crippen LogP contribution in [0.4, 0.5) is 0 Å². The van der Waals surface area contributed by atoms with Gasteiger partial charge in [-0.15, -0.1) is 0 Å². The van der Waals surface area contributed by atoms with Crippen molar-refractivity contribution in [3.05, 3.63) is 17.7 Å². The Balaban J connectivity index is 2.43. The summed E-state index contributed by atoms with van der Waals surface area (Å²) in [6.45, 7) is 9.05. The molecule has 1 aliphatic heterocycles. The minimum atomic E-state index is 0.135. The molecule has 0 atom stereocenters. The normalized spacial score (nSPS) is 17.2. The molecule has 2 heterocycles. The van der Waals surface area contributed by atoms with Crippen molar-refractivity contribution in [3.8, 4) is 0 Å². The molecule has 72 valence electrons. The van der Waals surface area contributed by atoms with Crippen molar-refractivity contribution in [2.75, 3.05) is 6.61 Å². The van der Waals surface area contributed by atoms with Crippen molar-refractivity contribution in [2.45, 2.75) is 39.3 Å². The molecule has 0 aliphatic carbocycles. The predicted octanol–water partition coefficient (Wildman–Crippen LogP) is 1.71. The third kappa shape index (κ3) is 1.48. The molecule has 13 heavy (non-hydrogen) atoms. The molecule has 3 nitrogen and oxygen atoms in total. The molecule has 1 aromatic heterocycles. The first-order valence-corrected chi connectivity index (χ1v) is 4.71. The summed E-state index contributed by atoms with van der Waals surface area (Å²) in [4.78, 5) is 4.45. The molecular formula is C10H16N2O. The highest BCUT2D eigenvalue weighted by Crippen LogP contribution is 2.23. The van der Waals surface area contributed by atoms with Crippen molar-refractivity contribution < 1.29 is 4.74 Å². The van der Waals surface area contributed by atoms with Crippen LogP contribution in [0.25, 0.3) is 0 Å². The van der Waals surface area contributed by atoms with Gasteiger partial charge in [0.2, 0.25) is 0 Å². The Morgan fingerprint density at radius 3 is 2.92 bits per heavy atom. The second-order valence-electron chi connectivity index (χ2n) is 4.53. The molecule has 0 aromatic carbocycles. The van der Waals surface area contributed by atoms with Crippen LogP contribution in [0, 0.1) is 0 Å². The van der Waals surface area contributed by atoms with Crippen LogP contribution in [-0.2, 0) is 23.3 Å². The van der Waals surface area contributed by atoms with Gasteiger partial charge in [0, 0.05) is 12.0 Å². The molecule has 1 aromatic rings. The van der Waals surface area contributed by atoms with Crippen molar-refractivity contribution in [1.29, 1.82) is 0 Å². The van der Waals surface area contributed by atoms with Gasteiger partial charge in [-0.05, 0) is 0 Å². The first kappa shape index (κ1) is 8.75. The van der Waals surface area contributed by atoms with Gasteiger partial charge in [0.25, 0.3) is 0 Å². The van der Waals surface area contributed by atoms with E-state index < -0.39 is 0 Å². The average molecular weight is 180 g/mol. The lowest BCUT2D eigenvalue weighted by molar-refractivity contribution is 0.0829. The summed E-state index contributed by atoms with van der Waals surface area (Å²) in [7, 11) is 0. The molecule has 0 spiro atoms. The second-order valence-corrected chi connectivity index (χ2v) is 4.53. The summed E-state index contributed by atoms with van der Waals surface area (Å²) in [5, 5.41) is 0. The summed E-state index contributed by atoms with van der Waals surface area (Å²) >= 11 is 0. The zero-order chi connectivity index (χ0) is 9.47. The monoisotopic (exact) mass is 180 g/mol. The number of fused-ring (bicyclic) bond motifs is 1. The maximum absolute atomic E-state index is 5.36. The summed E-state index contributed by atoms with van der Waals surface area (Å²) < 4.78 is 7.64. The Kier molecular flexibility index (Phi) is 1.91. The summed E-state index contributed by atoms with van der Waals surface area (Å²) in [5.74, 6) is 1.17. The van der Waals surface area contributed by atoms with Gasteiger partial charge in [-0.3, -0.25) is 0 Å². The van der Waals surface area contributed by atoms with Crippen LogP contribution in [0.15, 0.2) is 6.20 Å². The zero-order valence-electron chi connectivity index (χ0n) is 8.50. The largest absolute Gasteiger partial charge is 0.373 e. The Labute approximate surface area is 78.7 Å². The molecule has 0 saturated heterocycles. The molecule has 0 N–H and O–H groups in total. The van der Waals surface area contributed by atoms with Gasteiger partial charge in [0.15, 0.2) is 0 Å². The molecule has 0 amide bonds. The number of rotatable bonds is 0. The zero-order valence-corrected chi connectivity index (χ0v) is 8.50. The van der Waals surface area contributed by atoms with E-state index in [2.05, 4.69) is 30.3 Å². The minimum Gasteiger partial charge on any atom is -0.373 e. The fraction of sp³-hybridized carbons (Fsp3) is 0.700.